The van der Waals surface area contributed by atoms with Gasteiger partial charge in [-0.15, -0.1) is 0 Å². The van der Waals surface area contributed by atoms with Crippen LogP contribution < -0.4 is 4.57 Å². The third kappa shape index (κ3) is 3.89. The maximum absolute atomic E-state index is 6.28. The fourth-order valence-electron chi connectivity index (χ4n) is 2.32. The smallest absolute Gasteiger partial charge is 0.420 e. The lowest BCUT2D eigenvalue weighted by molar-refractivity contribution is 0.274. The van der Waals surface area contributed by atoms with Gasteiger partial charge in [0.2, 0.25) is 0 Å². The third-order valence-electron chi connectivity index (χ3n) is 3.29. The molecule has 1 aromatic rings. The molecule has 20 heavy (non-hydrogen) atoms. The molecular formula is C11H23NO4Si4. The van der Waals surface area contributed by atoms with Gasteiger partial charge in [-0.3, -0.25) is 0 Å². The molecule has 9 heteroatoms. The fourth-order valence-corrected chi connectivity index (χ4v) is 16.4. The van der Waals surface area contributed by atoms with Crippen LogP contribution >= 0.6 is 0 Å². The van der Waals surface area contributed by atoms with Crippen LogP contribution in [0.5, 0.6) is 0 Å². The number of para-hydroxylation sites is 1. The quantitative estimate of drug-likeness (QED) is 0.756. The number of hydrogen-bond acceptors (Lipinski definition) is 5. The first-order chi connectivity index (χ1) is 9.40. The van der Waals surface area contributed by atoms with E-state index < -0.39 is 36.6 Å². The molecule has 0 saturated carbocycles. The van der Waals surface area contributed by atoms with E-state index in [-0.39, 0.29) is 0 Å². The van der Waals surface area contributed by atoms with Gasteiger partial charge in [0.1, 0.15) is 0 Å². The summed E-state index contributed by atoms with van der Waals surface area (Å²) in [5, 5.41) is 0. The lowest BCUT2D eigenvalue weighted by atomic mass is 10.3. The van der Waals surface area contributed by atoms with Crippen molar-refractivity contribution < 1.29 is 16.5 Å². The van der Waals surface area contributed by atoms with Gasteiger partial charge in [-0.2, -0.15) is 0 Å². The molecule has 0 spiro atoms. The van der Waals surface area contributed by atoms with E-state index in [9.17, 15) is 0 Å². The zero-order valence-corrected chi connectivity index (χ0v) is 17.2. The van der Waals surface area contributed by atoms with Gasteiger partial charge in [-0.05, 0) is 38.3 Å². The fraction of sp³-hybridized carbons (Fsp3) is 0.455. The second kappa shape index (κ2) is 6.66. The van der Waals surface area contributed by atoms with Crippen molar-refractivity contribution in [1.82, 2.24) is 0 Å². The summed E-state index contributed by atoms with van der Waals surface area (Å²) in [7, 11) is -5.44. The number of benzene rings is 1. The van der Waals surface area contributed by atoms with Crippen molar-refractivity contribution in [1.29, 1.82) is 0 Å². The van der Waals surface area contributed by atoms with E-state index in [4.69, 9.17) is 16.5 Å². The molecule has 0 aliphatic carbocycles. The number of rotatable bonds is 2. The van der Waals surface area contributed by atoms with Crippen LogP contribution in [-0.4, -0.2) is 43.6 Å². The molecule has 1 aliphatic rings. The average molecular weight is 346 g/mol. The topological polar surface area (TPSA) is 40.2 Å². The molecule has 112 valence electrons. The largest absolute Gasteiger partial charge is 0.437 e. The molecule has 0 N–H and O–H groups in total. The first kappa shape index (κ1) is 16.1. The van der Waals surface area contributed by atoms with Crippen molar-refractivity contribution in [2.24, 2.45) is 0 Å². The predicted octanol–water partition coefficient (Wildman–Crippen LogP) is 1.32. The number of hydrogen-bond donors (Lipinski definition) is 0. The Morgan fingerprint density at radius 2 is 1.40 bits per heavy atom. The van der Waals surface area contributed by atoms with Crippen LogP contribution in [0.25, 0.3) is 0 Å². The van der Waals surface area contributed by atoms with Crippen LogP contribution in [0, 0.1) is 0 Å². The summed E-state index contributed by atoms with van der Waals surface area (Å²) in [4.78, 5) is 0. The molecule has 2 atom stereocenters. The molecule has 0 bridgehead atoms. The van der Waals surface area contributed by atoms with Crippen molar-refractivity contribution in [2.45, 2.75) is 26.2 Å². The summed E-state index contributed by atoms with van der Waals surface area (Å²) < 4.78 is 26.6. The molecule has 0 aromatic heterocycles. The minimum absolute atomic E-state index is 1.11. The van der Waals surface area contributed by atoms with Crippen LogP contribution in [0.1, 0.15) is 0 Å². The van der Waals surface area contributed by atoms with Gasteiger partial charge in [0.25, 0.3) is 9.28 Å². The van der Waals surface area contributed by atoms with E-state index >= 15 is 0 Å². The Kier molecular flexibility index (Phi) is 5.36. The van der Waals surface area contributed by atoms with Gasteiger partial charge >= 0.3 is 27.3 Å². The van der Waals surface area contributed by atoms with Crippen molar-refractivity contribution in [3.05, 3.63) is 30.3 Å². The predicted molar refractivity (Wildman–Crippen MR) is 89.8 cm³/mol. The van der Waals surface area contributed by atoms with Crippen LogP contribution in [0.4, 0.5) is 5.69 Å². The normalized spacial score (nSPS) is 35.1. The van der Waals surface area contributed by atoms with Crippen LogP contribution in [0.3, 0.4) is 0 Å². The van der Waals surface area contributed by atoms with Gasteiger partial charge in [0.05, 0.1) is 0 Å². The van der Waals surface area contributed by atoms with E-state index in [0.717, 1.165) is 5.69 Å². The van der Waals surface area contributed by atoms with Gasteiger partial charge in [-0.25, -0.2) is 0 Å². The first-order valence-corrected chi connectivity index (χ1v) is 15.4. The molecule has 1 aliphatic heterocycles. The van der Waals surface area contributed by atoms with Gasteiger partial charge in [0.15, 0.2) is 0 Å². The van der Waals surface area contributed by atoms with E-state index in [1.54, 1.807) is 0 Å². The minimum Gasteiger partial charge on any atom is -0.420 e. The molecule has 5 nitrogen and oxygen atoms in total. The van der Waals surface area contributed by atoms with Gasteiger partial charge in [0, 0.05) is 12.7 Å². The average Bonchev–Trinajstić information content (AvgIpc) is 2.36. The maximum atomic E-state index is 6.28. The zero-order chi connectivity index (χ0) is 14.8. The standard InChI is InChI=1S/C11H23NO4Si4/c1-12(11-9-7-6-8-10-11)20(5)15-18(3)13-17(2)14-19(4)16-20/h6-10,17-19H,1-5H3. The van der Waals surface area contributed by atoms with Crippen molar-refractivity contribution >= 4 is 42.3 Å². The monoisotopic (exact) mass is 345 g/mol. The lowest BCUT2D eigenvalue weighted by Gasteiger charge is -2.42. The lowest BCUT2D eigenvalue weighted by Crippen LogP contribution is -2.62. The zero-order valence-electron chi connectivity index (χ0n) is 12.7. The van der Waals surface area contributed by atoms with Gasteiger partial charge < -0.3 is 21.0 Å². The molecule has 2 rings (SSSR count). The summed E-state index contributed by atoms with van der Waals surface area (Å²) >= 11 is 0. The van der Waals surface area contributed by atoms with Crippen LogP contribution in [0.2, 0.25) is 26.2 Å². The van der Waals surface area contributed by atoms with Crippen molar-refractivity contribution in [3.63, 3.8) is 0 Å². The summed E-state index contributed by atoms with van der Waals surface area (Å²) in [5.41, 5.74) is 1.11. The molecule has 0 radical (unpaired) electrons. The molecule has 1 fully saturated rings. The van der Waals surface area contributed by atoms with Gasteiger partial charge in [-0.1, -0.05) is 18.2 Å². The Labute approximate surface area is 127 Å². The Morgan fingerprint density at radius 3 is 1.90 bits per heavy atom. The van der Waals surface area contributed by atoms with Crippen molar-refractivity contribution in [3.8, 4) is 0 Å². The van der Waals surface area contributed by atoms with Crippen molar-refractivity contribution in [2.75, 3.05) is 11.6 Å². The van der Waals surface area contributed by atoms with Crippen LogP contribution in [0.15, 0.2) is 30.3 Å². The highest BCUT2D eigenvalue weighted by Gasteiger charge is 2.44. The van der Waals surface area contributed by atoms with Crippen LogP contribution in [-0.2, 0) is 16.5 Å². The minimum atomic E-state index is -2.49. The highest BCUT2D eigenvalue weighted by atomic mass is 28.5. The Balaban J connectivity index is 2.21. The molecule has 0 amide bonds. The van der Waals surface area contributed by atoms with E-state index in [1.165, 1.54) is 0 Å². The Morgan fingerprint density at radius 1 is 0.900 bits per heavy atom. The highest BCUT2D eigenvalue weighted by molar-refractivity contribution is 6.83. The first-order valence-electron chi connectivity index (χ1n) is 6.86. The molecule has 1 heterocycles. The maximum Gasteiger partial charge on any atom is 0.437 e. The Bertz CT molecular complexity index is 424. The third-order valence-corrected chi connectivity index (χ3v) is 17.1. The highest BCUT2D eigenvalue weighted by Crippen LogP contribution is 2.24. The molecule has 2 unspecified atom stereocenters. The molecule has 1 aromatic carbocycles. The second-order valence-electron chi connectivity index (χ2n) is 5.00. The number of anilines is 1. The summed E-state index contributed by atoms with van der Waals surface area (Å²) in [5.74, 6) is 0. The summed E-state index contributed by atoms with van der Waals surface area (Å²) in [6.45, 7) is 8.23. The summed E-state index contributed by atoms with van der Waals surface area (Å²) in [6.07, 6.45) is 0. The SMILES string of the molecule is CN(c1ccccc1)[Si]1(C)O[SiH](C)O[SiH](C)O[SiH](C)O1. The number of nitrogens with zero attached hydrogens (tertiary/aromatic N) is 1. The van der Waals surface area contributed by atoms with E-state index in [0.29, 0.717) is 0 Å². The molecular weight excluding hydrogens is 322 g/mol. The second-order valence-corrected chi connectivity index (χ2v) is 14.9. The summed E-state index contributed by atoms with van der Waals surface area (Å²) in [6, 6.07) is 10.2. The molecule has 1 saturated heterocycles. The Hall–Kier alpha value is -0.272. The van der Waals surface area contributed by atoms with E-state index in [1.807, 2.05) is 31.8 Å². The van der Waals surface area contributed by atoms with E-state index in [2.05, 4.69) is 36.3 Å².